The van der Waals surface area contributed by atoms with Gasteiger partial charge < -0.3 is 10.1 Å². The lowest BCUT2D eigenvalue weighted by Crippen LogP contribution is -2.23. The van der Waals surface area contributed by atoms with Crippen LogP contribution in [0.3, 0.4) is 0 Å². The first kappa shape index (κ1) is 15.0. The lowest BCUT2D eigenvalue weighted by Gasteiger charge is -2.19. The molecule has 0 spiro atoms. The third kappa shape index (κ3) is 3.65. The molecule has 1 N–H and O–H groups in total. The Morgan fingerprint density at radius 3 is 2.62 bits per heavy atom. The summed E-state index contributed by atoms with van der Waals surface area (Å²) < 4.78 is 6.80. The molecule has 0 fully saturated rings. The Bertz CT molecular complexity index is 609. The van der Waals surface area contributed by atoms with Crippen LogP contribution in [0.25, 0.3) is 0 Å². The molecule has 0 bridgehead atoms. The van der Waals surface area contributed by atoms with E-state index in [0.717, 1.165) is 26.2 Å². The van der Waals surface area contributed by atoms with Crippen LogP contribution >= 0.6 is 22.6 Å². The molecule has 1 aliphatic rings. The van der Waals surface area contributed by atoms with Gasteiger partial charge in [-0.3, -0.25) is 0 Å². The molecular formula is C18H20INO. The van der Waals surface area contributed by atoms with E-state index in [1.807, 2.05) is 0 Å². The number of hydrogen-bond acceptors (Lipinski definition) is 2. The molecule has 0 aliphatic carbocycles. The minimum atomic E-state index is 0.362. The zero-order valence-corrected chi connectivity index (χ0v) is 14.4. The normalized spacial score (nSPS) is 15.0. The molecule has 110 valence electrons. The molecule has 1 aliphatic heterocycles. The molecule has 0 saturated heterocycles. The number of nitrogens with one attached hydrogen (secondary N) is 1. The van der Waals surface area contributed by atoms with Crippen LogP contribution in [0.15, 0.2) is 42.5 Å². The van der Waals surface area contributed by atoms with E-state index in [1.54, 1.807) is 0 Å². The molecule has 3 rings (SSSR count). The van der Waals surface area contributed by atoms with Crippen molar-refractivity contribution in [2.24, 2.45) is 0 Å². The number of likely N-dealkylation sites (N-methyl/N-ethyl adjacent to an activating group) is 1. The van der Waals surface area contributed by atoms with Crippen molar-refractivity contribution in [3.8, 4) is 0 Å². The fourth-order valence-electron chi connectivity index (χ4n) is 2.82. The van der Waals surface area contributed by atoms with Crippen molar-refractivity contribution in [3.63, 3.8) is 0 Å². The van der Waals surface area contributed by atoms with E-state index in [1.165, 1.54) is 25.8 Å². The molecular weight excluding hydrogens is 373 g/mol. The first-order valence-electron chi connectivity index (χ1n) is 7.43. The molecule has 0 amide bonds. The standard InChI is InChI=1S/C18H20INO/c1-2-20-18(9-13-3-7-17(19)8-4-13)14-5-6-15-11-21-12-16(15)10-14/h3-8,10,18,20H,2,9,11-12H2,1H3. The van der Waals surface area contributed by atoms with Gasteiger partial charge in [0.05, 0.1) is 13.2 Å². The summed E-state index contributed by atoms with van der Waals surface area (Å²) >= 11 is 2.35. The Balaban J connectivity index is 1.82. The van der Waals surface area contributed by atoms with Gasteiger partial charge >= 0.3 is 0 Å². The number of ether oxygens (including phenoxy) is 1. The van der Waals surface area contributed by atoms with E-state index in [9.17, 15) is 0 Å². The second-order valence-electron chi connectivity index (χ2n) is 5.46. The van der Waals surface area contributed by atoms with Gasteiger partial charge in [0.1, 0.15) is 0 Å². The number of benzene rings is 2. The second kappa shape index (κ2) is 6.90. The van der Waals surface area contributed by atoms with E-state index < -0.39 is 0 Å². The zero-order valence-electron chi connectivity index (χ0n) is 12.2. The SMILES string of the molecule is CCNC(Cc1ccc(I)cc1)c1ccc2c(c1)COC2. The van der Waals surface area contributed by atoms with Gasteiger partial charge in [-0.25, -0.2) is 0 Å². The van der Waals surface area contributed by atoms with Crippen molar-refractivity contribution in [2.45, 2.75) is 32.6 Å². The zero-order chi connectivity index (χ0) is 14.7. The summed E-state index contributed by atoms with van der Waals surface area (Å²) in [6.07, 6.45) is 1.02. The number of halogens is 1. The highest BCUT2D eigenvalue weighted by atomic mass is 127. The van der Waals surface area contributed by atoms with E-state index in [2.05, 4.69) is 77.3 Å². The smallest absolute Gasteiger partial charge is 0.0725 e. The van der Waals surface area contributed by atoms with Gasteiger partial charge in [-0.05, 0) is 69.9 Å². The van der Waals surface area contributed by atoms with Crippen LogP contribution in [-0.2, 0) is 24.4 Å². The fourth-order valence-corrected chi connectivity index (χ4v) is 3.18. The summed E-state index contributed by atoms with van der Waals surface area (Å²) in [6.45, 7) is 4.66. The Hall–Kier alpha value is -0.910. The van der Waals surface area contributed by atoms with Crippen molar-refractivity contribution >= 4 is 22.6 Å². The maximum absolute atomic E-state index is 5.52. The van der Waals surface area contributed by atoms with Gasteiger partial charge in [0.25, 0.3) is 0 Å². The predicted molar refractivity (Wildman–Crippen MR) is 94.2 cm³/mol. The first-order valence-corrected chi connectivity index (χ1v) is 8.51. The number of hydrogen-bond donors (Lipinski definition) is 1. The average molecular weight is 393 g/mol. The van der Waals surface area contributed by atoms with Gasteiger partial charge in [-0.15, -0.1) is 0 Å². The van der Waals surface area contributed by atoms with E-state index in [4.69, 9.17) is 4.74 Å². The molecule has 21 heavy (non-hydrogen) atoms. The van der Waals surface area contributed by atoms with Crippen LogP contribution in [0.4, 0.5) is 0 Å². The molecule has 0 radical (unpaired) electrons. The van der Waals surface area contributed by atoms with E-state index in [0.29, 0.717) is 6.04 Å². The second-order valence-corrected chi connectivity index (χ2v) is 6.71. The van der Waals surface area contributed by atoms with Gasteiger partial charge in [-0.2, -0.15) is 0 Å². The highest BCUT2D eigenvalue weighted by molar-refractivity contribution is 14.1. The molecule has 0 saturated carbocycles. The Morgan fingerprint density at radius 2 is 1.86 bits per heavy atom. The van der Waals surface area contributed by atoms with Crippen LogP contribution in [-0.4, -0.2) is 6.54 Å². The quantitative estimate of drug-likeness (QED) is 0.769. The Morgan fingerprint density at radius 1 is 1.10 bits per heavy atom. The first-order chi connectivity index (χ1) is 10.3. The summed E-state index contributed by atoms with van der Waals surface area (Å²) in [7, 11) is 0. The molecule has 3 heteroatoms. The maximum Gasteiger partial charge on any atom is 0.0725 e. The lowest BCUT2D eigenvalue weighted by molar-refractivity contribution is 0.134. The summed E-state index contributed by atoms with van der Waals surface area (Å²) in [6, 6.07) is 15.9. The maximum atomic E-state index is 5.52. The van der Waals surface area contributed by atoms with Crippen molar-refractivity contribution in [3.05, 3.63) is 68.3 Å². The summed E-state index contributed by atoms with van der Waals surface area (Å²) in [4.78, 5) is 0. The summed E-state index contributed by atoms with van der Waals surface area (Å²) in [5, 5.41) is 3.61. The third-order valence-corrected chi connectivity index (χ3v) is 4.67. The van der Waals surface area contributed by atoms with Gasteiger partial charge in [0, 0.05) is 9.61 Å². The predicted octanol–water partition coefficient (Wildman–Crippen LogP) is 4.21. The molecule has 1 unspecified atom stereocenters. The fraction of sp³-hybridized carbons (Fsp3) is 0.333. The monoisotopic (exact) mass is 393 g/mol. The van der Waals surface area contributed by atoms with Gasteiger partial charge in [0.15, 0.2) is 0 Å². The Labute approximate surface area is 140 Å². The molecule has 2 aromatic rings. The van der Waals surface area contributed by atoms with Crippen LogP contribution < -0.4 is 5.32 Å². The average Bonchev–Trinajstić information content (AvgIpc) is 2.96. The minimum absolute atomic E-state index is 0.362. The highest BCUT2D eigenvalue weighted by Crippen LogP contribution is 2.26. The highest BCUT2D eigenvalue weighted by Gasteiger charge is 2.16. The van der Waals surface area contributed by atoms with E-state index >= 15 is 0 Å². The van der Waals surface area contributed by atoms with E-state index in [-0.39, 0.29) is 0 Å². The minimum Gasteiger partial charge on any atom is -0.372 e. The largest absolute Gasteiger partial charge is 0.372 e. The van der Waals surface area contributed by atoms with Crippen LogP contribution in [0.1, 0.15) is 35.2 Å². The molecule has 1 atom stereocenters. The number of fused-ring (bicyclic) bond motifs is 1. The van der Waals surface area contributed by atoms with Crippen molar-refractivity contribution in [1.29, 1.82) is 0 Å². The molecule has 2 nitrogen and oxygen atoms in total. The van der Waals surface area contributed by atoms with Crippen LogP contribution in [0, 0.1) is 3.57 Å². The van der Waals surface area contributed by atoms with Crippen molar-refractivity contribution in [1.82, 2.24) is 5.32 Å². The summed E-state index contributed by atoms with van der Waals surface area (Å²) in [5.41, 5.74) is 5.42. The van der Waals surface area contributed by atoms with Crippen LogP contribution in [0.2, 0.25) is 0 Å². The van der Waals surface area contributed by atoms with Crippen LogP contribution in [0.5, 0.6) is 0 Å². The van der Waals surface area contributed by atoms with Gasteiger partial charge in [0.2, 0.25) is 0 Å². The third-order valence-electron chi connectivity index (χ3n) is 3.95. The molecule has 0 aromatic heterocycles. The van der Waals surface area contributed by atoms with Crippen molar-refractivity contribution in [2.75, 3.05) is 6.54 Å². The van der Waals surface area contributed by atoms with Crippen molar-refractivity contribution < 1.29 is 4.74 Å². The Kier molecular flexibility index (Phi) is 4.93. The van der Waals surface area contributed by atoms with Gasteiger partial charge in [-0.1, -0.05) is 37.3 Å². The topological polar surface area (TPSA) is 21.3 Å². The molecule has 2 aromatic carbocycles. The molecule has 1 heterocycles. The lowest BCUT2D eigenvalue weighted by atomic mass is 9.96. The number of rotatable bonds is 5. The summed E-state index contributed by atoms with van der Waals surface area (Å²) in [5.74, 6) is 0.